The van der Waals surface area contributed by atoms with Crippen molar-refractivity contribution in [1.29, 1.82) is 0 Å². The lowest BCUT2D eigenvalue weighted by atomic mass is 9.76. The largest absolute Gasteiger partial charge is 0.443 e. The van der Waals surface area contributed by atoms with Gasteiger partial charge in [0, 0.05) is 0 Å². The first-order valence-corrected chi connectivity index (χ1v) is 8.19. The lowest BCUT2D eigenvalue weighted by molar-refractivity contribution is -0.157. The summed E-state index contributed by atoms with van der Waals surface area (Å²) < 4.78 is 19.4. The zero-order chi connectivity index (χ0) is 18.9. The van der Waals surface area contributed by atoms with Gasteiger partial charge in [0.25, 0.3) is 0 Å². The molecule has 2 aliphatic heterocycles. The number of amides is 2. The van der Waals surface area contributed by atoms with E-state index in [1.165, 1.54) is 5.01 Å². The molecule has 8 nitrogen and oxygen atoms in total. The number of carbonyl (C=O) groups is 3. The predicted octanol–water partition coefficient (Wildman–Crippen LogP) is -0.331. The molecule has 0 bridgehead atoms. The fourth-order valence-electron chi connectivity index (χ4n) is 3.17. The summed E-state index contributed by atoms with van der Waals surface area (Å²) in [6.45, 7) is 0.235. The minimum absolute atomic E-state index is 0.160. The number of ether oxygens (including phenoxy) is 1. The summed E-state index contributed by atoms with van der Waals surface area (Å²) in [4.78, 5) is 35.8. The number of benzene rings is 1. The van der Waals surface area contributed by atoms with E-state index in [-0.39, 0.29) is 19.6 Å². The van der Waals surface area contributed by atoms with Crippen LogP contribution in [0.4, 0.5) is 9.18 Å². The quantitative estimate of drug-likeness (QED) is 0.637. The van der Waals surface area contributed by atoms with E-state index < -0.39 is 41.6 Å². The normalized spacial score (nSPS) is 24.0. The van der Waals surface area contributed by atoms with E-state index in [1.807, 2.05) is 0 Å². The molecule has 0 aliphatic carbocycles. The number of cyclic esters (lactones) is 1. The van der Waals surface area contributed by atoms with Gasteiger partial charge < -0.3 is 15.2 Å². The van der Waals surface area contributed by atoms with E-state index in [2.05, 4.69) is 10.7 Å². The number of carbonyl (C=O) groups excluding carboxylic acids is 3. The lowest BCUT2D eigenvalue weighted by Gasteiger charge is -2.44. The summed E-state index contributed by atoms with van der Waals surface area (Å²) in [5.74, 6) is -1.40. The van der Waals surface area contributed by atoms with Crippen LogP contribution in [0.5, 0.6) is 0 Å². The van der Waals surface area contributed by atoms with Crippen molar-refractivity contribution in [2.75, 3.05) is 26.2 Å². The minimum Gasteiger partial charge on any atom is -0.443 e. The van der Waals surface area contributed by atoms with Gasteiger partial charge in [0.1, 0.15) is 18.1 Å². The third kappa shape index (κ3) is 3.04. The highest BCUT2D eigenvalue weighted by Crippen LogP contribution is 2.33. The third-order valence-electron chi connectivity index (χ3n) is 4.96. The van der Waals surface area contributed by atoms with Crippen molar-refractivity contribution >= 4 is 17.8 Å². The molecular weight excluding hydrogens is 345 g/mol. The average Bonchev–Trinajstić information content (AvgIpc) is 3.06. The molecule has 26 heavy (non-hydrogen) atoms. The SMILES string of the molecule is CC(C(=O)NN1CC(F)(C(=O)CO)C1)(c1ccccc1)C1CNC(=O)O1. The molecular formula is C17H20FN3O5. The molecule has 9 heteroatoms. The number of hydrogen-bond acceptors (Lipinski definition) is 6. The van der Waals surface area contributed by atoms with Crippen molar-refractivity contribution in [3.05, 3.63) is 35.9 Å². The Kier molecular flexibility index (Phi) is 4.68. The highest BCUT2D eigenvalue weighted by molar-refractivity contribution is 5.91. The van der Waals surface area contributed by atoms with E-state index in [0.29, 0.717) is 5.56 Å². The van der Waals surface area contributed by atoms with Gasteiger partial charge in [-0.15, -0.1) is 0 Å². The Morgan fingerprint density at radius 1 is 1.42 bits per heavy atom. The first kappa shape index (κ1) is 18.3. The molecule has 2 aliphatic rings. The van der Waals surface area contributed by atoms with E-state index >= 15 is 0 Å². The monoisotopic (exact) mass is 365 g/mol. The molecule has 3 N–H and O–H groups in total. The fraction of sp³-hybridized carbons (Fsp3) is 0.471. The second-order valence-electron chi connectivity index (χ2n) is 6.69. The zero-order valence-electron chi connectivity index (χ0n) is 14.2. The second kappa shape index (κ2) is 6.65. The molecule has 2 atom stereocenters. The van der Waals surface area contributed by atoms with Crippen LogP contribution < -0.4 is 10.7 Å². The Balaban J connectivity index is 1.77. The molecule has 2 heterocycles. The van der Waals surface area contributed by atoms with E-state index in [9.17, 15) is 18.8 Å². The molecule has 1 aromatic carbocycles. The number of Topliss-reactive ketones (excluding diaryl/α,β-unsaturated/α-hetero) is 1. The Morgan fingerprint density at radius 2 is 2.08 bits per heavy atom. The average molecular weight is 365 g/mol. The van der Waals surface area contributed by atoms with Crippen molar-refractivity contribution in [3.8, 4) is 0 Å². The molecule has 2 saturated heterocycles. The maximum Gasteiger partial charge on any atom is 0.407 e. The van der Waals surface area contributed by atoms with Gasteiger partial charge in [-0.1, -0.05) is 30.3 Å². The van der Waals surface area contributed by atoms with Crippen LogP contribution in [0.25, 0.3) is 0 Å². The van der Waals surface area contributed by atoms with Gasteiger partial charge in [0.2, 0.25) is 5.91 Å². The summed E-state index contributed by atoms with van der Waals surface area (Å²) in [6.07, 6.45) is -1.35. The molecule has 0 aromatic heterocycles. The van der Waals surface area contributed by atoms with Gasteiger partial charge in [-0.3, -0.25) is 15.0 Å². The molecule has 3 rings (SSSR count). The molecule has 140 valence electrons. The second-order valence-corrected chi connectivity index (χ2v) is 6.69. The number of nitrogens with zero attached hydrogens (tertiary/aromatic N) is 1. The summed E-state index contributed by atoms with van der Waals surface area (Å²) in [6, 6.07) is 8.82. The van der Waals surface area contributed by atoms with Crippen LogP contribution >= 0.6 is 0 Å². The van der Waals surface area contributed by atoms with Gasteiger partial charge in [0.15, 0.2) is 11.5 Å². The van der Waals surface area contributed by atoms with Crippen LogP contribution in [0, 0.1) is 0 Å². The summed E-state index contributed by atoms with van der Waals surface area (Å²) in [5, 5.41) is 12.6. The number of rotatable bonds is 6. The van der Waals surface area contributed by atoms with Crippen molar-refractivity contribution < 1.29 is 28.6 Å². The number of hydrogen-bond donors (Lipinski definition) is 3. The van der Waals surface area contributed by atoms with E-state index in [1.54, 1.807) is 37.3 Å². The van der Waals surface area contributed by atoms with E-state index in [0.717, 1.165) is 0 Å². The van der Waals surface area contributed by atoms with Crippen LogP contribution in [0.1, 0.15) is 12.5 Å². The lowest BCUT2D eigenvalue weighted by Crippen LogP contribution is -2.70. The molecule has 0 radical (unpaired) electrons. The number of hydrazine groups is 1. The third-order valence-corrected chi connectivity index (χ3v) is 4.96. The van der Waals surface area contributed by atoms with Crippen LogP contribution in [0.3, 0.4) is 0 Å². The Hall–Kier alpha value is -2.52. The van der Waals surface area contributed by atoms with Gasteiger partial charge in [-0.2, -0.15) is 0 Å². The van der Waals surface area contributed by atoms with Crippen LogP contribution in [-0.2, 0) is 19.7 Å². The van der Waals surface area contributed by atoms with E-state index in [4.69, 9.17) is 9.84 Å². The first-order valence-electron chi connectivity index (χ1n) is 8.19. The molecule has 0 saturated carbocycles. The Labute approximate surface area is 149 Å². The first-order chi connectivity index (χ1) is 12.3. The number of ketones is 1. The van der Waals surface area contributed by atoms with Crippen molar-refractivity contribution in [1.82, 2.24) is 15.8 Å². The predicted molar refractivity (Wildman–Crippen MR) is 87.7 cm³/mol. The Morgan fingerprint density at radius 3 is 2.62 bits per heavy atom. The standard InChI is InChI=1S/C17H20FN3O5/c1-16(11-5-3-2-4-6-11,13-7-19-15(25)26-13)14(24)20-21-9-17(18,10-21)12(23)8-22/h2-6,13,22H,7-10H2,1H3,(H,19,25)(H,20,24). The number of alkyl halides is 1. The molecule has 0 spiro atoms. The smallest absolute Gasteiger partial charge is 0.407 e. The van der Waals surface area contributed by atoms with Crippen LogP contribution in [0.15, 0.2) is 30.3 Å². The van der Waals surface area contributed by atoms with Gasteiger partial charge >= 0.3 is 6.09 Å². The fourth-order valence-corrected chi connectivity index (χ4v) is 3.17. The topological polar surface area (TPSA) is 108 Å². The minimum atomic E-state index is -2.16. The summed E-state index contributed by atoms with van der Waals surface area (Å²) in [7, 11) is 0. The van der Waals surface area contributed by atoms with Gasteiger partial charge in [0.05, 0.1) is 19.6 Å². The molecule has 1 aromatic rings. The summed E-state index contributed by atoms with van der Waals surface area (Å²) >= 11 is 0. The van der Waals surface area contributed by atoms with Crippen LogP contribution in [-0.4, -0.2) is 65.9 Å². The number of nitrogens with one attached hydrogen (secondary N) is 2. The zero-order valence-corrected chi connectivity index (χ0v) is 14.2. The molecule has 2 fully saturated rings. The molecule has 2 amide bonds. The van der Waals surface area contributed by atoms with Gasteiger partial charge in [-0.05, 0) is 12.5 Å². The van der Waals surface area contributed by atoms with Crippen molar-refractivity contribution in [3.63, 3.8) is 0 Å². The van der Waals surface area contributed by atoms with Crippen molar-refractivity contribution in [2.45, 2.75) is 24.1 Å². The number of aliphatic hydroxyl groups excluding tert-OH is 1. The maximum absolute atomic E-state index is 14.2. The van der Waals surface area contributed by atoms with Gasteiger partial charge in [-0.25, -0.2) is 14.2 Å². The highest BCUT2D eigenvalue weighted by Gasteiger charge is 2.53. The molecule has 2 unspecified atom stereocenters. The van der Waals surface area contributed by atoms with Crippen LogP contribution in [0.2, 0.25) is 0 Å². The maximum atomic E-state index is 14.2. The highest BCUT2D eigenvalue weighted by atomic mass is 19.1. The number of halogens is 1. The number of aliphatic hydroxyl groups is 1. The summed E-state index contributed by atoms with van der Waals surface area (Å²) in [5.41, 5.74) is -0.153. The van der Waals surface area contributed by atoms with Crippen molar-refractivity contribution in [2.24, 2.45) is 0 Å². The number of alkyl carbamates (subject to hydrolysis) is 1. The Bertz CT molecular complexity index is 722.